The van der Waals surface area contributed by atoms with E-state index in [0.29, 0.717) is 18.8 Å². The van der Waals surface area contributed by atoms with Crippen LogP contribution in [0.3, 0.4) is 0 Å². The summed E-state index contributed by atoms with van der Waals surface area (Å²) in [6, 6.07) is -0.644. The van der Waals surface area contributed by atoms with Crippen molar-refractivity contribution in [3.8, 4) is 0 Å². The second kappa shape index (κ2) is 6.85. The van der Waals surface area contributed by atoms with Crippen molar-refractivity contribution in [2.75, 3.05) is 13.1 Å². The SMILES string of the molecule is CC1CCN(C(=O)[C@@H](N)CCC(N)c2ncc[nH]2)CC1. The maximum absolute atomic E-state index is 12.2. The number of nitrogens with two attached hydrogens (primary N) is 2. The third-order valence-electron chi connectivity index (χ3n) is 4.07. The van der Waals surface area contributed by atoms with Crippen molar-refractivity contribution in [2.45, 2.75) is 44.7 Å². The first-order valence-corrected chi connectivity index (χ1v) is 7.37. The Morgan fingerprint density at radius 3 is 2.75 bits per heavy atom. The molecule has 0 aliphatic carbocycles. The van der Waals surface area contributed by atoms with Gasteiger partial charge in [0.2, 0.25) is 5.91 Å². The Kier molecular flexibility index (Phi) is 5.14. The zero-order valence-electron chi connectivity index (χ0n) is 12.1. The third-order valence-corrected chi connectivity index (χ3v) is 4.07. The Labute approximate surface area is 119 Å². The van der Waals surface area contributed by atoms with Crippen LogP contribution in [0.25, 0.3) is 0 Å². The molecule has 0 bridgehead atoms. The van der Waals surface area contributed by atoms with Crippen LogP contribution in [0, 0.1) is 5.92 Å². The van der Waals surface area contributed by atoms with E-state index in [0.717, 1.165) is 31.8 Å². The predicted molar refractivity (Wildman–Crippen MR) is 77.7 cm³/mol. The minimum absolute atomic E-state index is 0.0588. The Morgan fingerprint density at radius 2 is 2.15 bits per heavy atom. The largest absolute Gasteiger partial charge is 0.347 e. The van der Waals surface area contributed by atoms with Gasteiger partial charge in [-0.2, -0.15) is 0 Å². The lowest BCUT2D eigenvalue weighted by molar-refractivity contribution is -0.134. The van der Waals surface area contributed by atoms with Crippen LogP contribution in [0.5, 0.6) is 0 Å². The number of amides is 1. The molecule has 5 N–H and O–H groups in total. The Hall–Kier alpha value is -1.40. The predicted octanol–water partition coefficient (Wildman–Crippen LogP) is 0.776. The number of nitrogens with zero attached hydrogens (tertiary/aromatic N) is 2. The molecule has 6 heteroatoms. The summed E-state index contributed by atoms with van der Waals surface area (Å²) in [6.07, 6.45) is 6.82. The van der Waals surface area contributed by atoms with Crippen LogP contribution < -0.4 is 11.5 Å². The zero-order valence-corrected chi connectivity index (χ0v) is 12.1. The summed E-state index contributed by atoms with van der Waals surface area (Å²) in [4.78, 5) is 21.2. The topological polar surface area (TPSA) is 101 Å². The molecule has 1 aliphatic heterocycles. The van der Waals surface area contributed by atoms with Crippen molar-refractivity contribution < 1.29 is 4.79 Å². The summed E-state index contributed by atoms with van der Waals surface area (Å²) in [5, 5.41) is 0. The van der Waals surface area contributed by atoms with Crippen molar-refractivity contribution in [3.63, 3.8) is 0 Å². The first kappa shape index (κ1) is 15.0. The highest BCUT2D eigenvalue weighted by molar-refractivity contribution is 5.81. The molecule has 1 saturated heterocycles. The minimum Gasteiger partial charge on any atom is -0.347 e. The number of H-pyrrole nitrogens is 1. The van der Waals surface area contributed by atoms with Crippen molar-refractivity contribution in [2.24, 2.45) is 17.4 Å². The standard InChI is InChI=1S/C14H25N5O/c1-10-4-8-19(9-5-10)14(20)12(16)3-2-11(15)13-17-6-7-18-13/h6-7,10-12H,2-5,8-9,15-16H2,1H3,(H,17,18)/t11?,12-/m0/s1. The summed E-state index contributed by atoms with van der Waals surface area (Å²) < 4.78 is 0. The lowest BCUT2D eigenvalue weighted by atomic mass is 9.98. The van der Waals surface area contributed by atoms with E-state index >= 15 is 0 Å². The average molecular weight is 279 g/mol. The molecule has 1 aliphatic rings. The fraction of sp³-hybridized carbons (Fsp3) is 0.714. The van der Waals surface area contributed by atoms with Crippen molar-refractivity contribution >= 4 is 5.91 Å². The molecule has 1 aromatic heterocycles. The second-order valence-electron chi connectivity index (χ2n) is 5.77. The monoisotopic (exact) mass is 279 g/mol. The number of nitrogens with one attached hydrogen (secondary N) is 1. The van der Waals surface area contributed by atoms with Gasteiger partial charge in [-0.1, -0.05) is 6.92 Å². The van der Waals surface area contributed by atoms with Crippen LogP contribution in [0.2, 0.25) is 0 Å². The summed E-state index contributed by atoms with van der Waals surface area (Å²) in [5.74, 6) is 1.52. The Bertz CT molecular complexity index is 411. The number of aromatic nitrogens is 2. The highest BCUT2D eigenvalue weighted by Crippen LogP contribution is 2.18. The van der Waals surface area contributed by atoms with E-state index in [-0.39, 0.29) is 11.9 Å². The number of imidazole rings is 1. The molecule has 0 aromatic carbocycles. The second-order valence-corrected chi connectivity index (χ2v) is 5.77. The summed E-state index contributed by atoms with van der Waals surface area (Å²) in [5.41, 5.74) is 12.0. The first-order chi connectivity index (χ1) is 9.58. The molecule has 2 rings (SSSR count). The number of aromatic amines is 1. The summed E-state index contributed by atoms with van der Waals surface area (Å²) in [6.45, 7) is 3.89. The molecule has 1 unspecified atom stereocenters. The molecule has 0 saturated carbocycles. The molecule has 0 radical (unpaired) electrons. The quantitative estimate of drug-likeness (QED) is 0.741. The number of hydrogen-bond acceptors (Lipinski definition) is 4. The molecule has 0 spiro atoms. The average Bonchev–Trinajstić information content (AvgIpc) is 2.98. The highest BCUT2D eigenvalue weighted by Gasteiger charge is 2.25. The lowest BCUT2D eigenvalue weighted by Crippen LogP contribution is -2.47. The number of piperidine rings is 1. The van der Waals surface area contributed by atoms with E-state index in [2.05, 4.69) is 16.9 Å². The Balaban J connectivity index is 1.76. The smallest absolute Gasteiger partial charge is 0.239 e. The summed E-state index contributed by atoms with van der Waals surface area (Å²) in [7, 11) is 0. The van der Waals surface area contributed by atoms with Crippen molar-refractivity contribution in [1.82, 2.24) is 14.9 Å². The van der Waals surface area contributed by atoms with Gasteiger partial charge in [0.25, 0.3) is 0 Å². The molecule has 1 amide bonds. The molecular weight excluding hydrogens is 254 g/mol. The Morgan fingerprint density at radius 1 is 1.45 bits per heavy atom. The summed E-state index contributed by atoms with van der Waals surface area (Å²) >= 11 is 0. The number of hydrogen-bond donors (Lipinski definition) is 3. The van der Waals surface area contributed by atoms with E-state index in [9.17, 15) is 4.79 Å². The molecule has 1 fully saturated rings. The lowest BCUT2D eigenvalue weighted by Gasteiger charge is -2.32. The van der Waals surface area contributed by atoms with Gasteiger partial charge >= 0.3 is 0 Å². The van der Waals surface area contributed by atoms with Gasteiger partial charge in [0.1, 0.15) is 5.82 Å². The van der Waals surface area contributed by atoms with Crippen LogP contribution in [-0.2, 0) is 4.79 Å². The maximum Gasteiger partial charge on any atom is 0.239 e. The van der Waals surface area contributed by atoms with E-state index < -0.39 is 6.04 Å². The normalized spacial score (nSPS) is 19.9. The molecule has 20 heavy (non-hydrogen) atoms. The van der Waals surface area contributed by atoms with Gasteiger partial charge in [0, 0.05) is 25.5 Å². The van der Waals surface area contributed by atoms with Crippen LogP contribution >= 0.6 is 0 Å². The van der Waals surface area contributed by atoms with Crippen molar-refractivity contribution in [3.05, 3.63) is 18.2 Å². The van der Waals surface area contributed by atoms with Gasteiger partial charge < -0.3 is 21.4 Å². The van der Waals surface area contributed by atoms with Gasteiger partial charge in [0.05, 0.1) is 12.1 Å². The molecule has 1 aromatic rings. The maximum atomic E-state index is 12.2. The van der Waals surface area contributed by atoms with Crippen LogP contribution in [0.4, 0.5) is 0 Å². The van der Waals surface area contributed by atoms with Gasteiger partial charge in [-0.25, -0.2) is 4.98 Å². The van der Waals surface area contributed by atoms with Gasteiger partial charge in [-0.15, -0.1) is 0 Å². The molecular formula is C14H25N5O. The third kappa shape index (κ3) is 3.80. The van der Waals surface area contributed by atoms with E-state index in [4.69, 9.17) is 11.5 Å². The minimum atomic E-state index is -0.454. The molecule has 112 valence electrons. The fourth-order valence-electron chi connectivity index (χ4n) is 2.56. The molecule has 2 heterocycles. The number of likely N-dealkylation sites (tertiary alicyclic amines) is 1. The van der Waals surface area contributed by atoms with Gasteiger partial charge in [0.15, 0.2) is 0 Å². The molecule has 6 nitrogen and oxygen atoms in total. The van der Waals surface area contributed by atoms with Crippen molar-refractivity contribution in [1.29, 1.82) is 0 Å². The van der Waals surface area contributed by atoms with Crippen LogP contribution in [-0.4, -0.2) is 39.9 Å². The van der Waals surface area contributed by atoms with Gasteiger partial charge in [-0.3, -0.25) is 4.79 Å². The zero-order chi connectivity index (χ0) is 14.5. The van der Waals surface area contributed by atoms with E-state index in [1.807, 2.05) is 4.90 Å². The van der Waals surface area contributed by atoms with E-state index in [1.54, 1.807) is 12.4 Å². The number of rotatable bonds is 5. The van der Waals surface area contributed by atoms with Gasteiger partial charge in [-0.05, 0) is 31.6 Å². The molecule has 2 atom stereocenters. The van der Waals surface area contributed by atoms with Crippen LogP contribution in [0.15, 0.2) is 12.4 Å². The fourth-order valence-corrected chi connectivity index (χ4v) is 2.56. The first-order valence-electron chi connectivity index (χ1n) is 7.37. The van der Waals surface area contributed by atoms with E-state index in [1.165, 1.54) is 0 Å². The number of carbonyl (C=O) groups excluding carboxylic acids is 1. The van der Waals surface area contributed by atoms with Crippen LogP contribution in [0.1, 0.15) is 44.5 Å². The number of carbonyl (C=O) groups is 1. The highest BCUT2D eigenvalue weighted by atomic mass is 16.2.